The molecule has 0 amide bonds. The molecule has 1 saturated heterocycles. The SMILES string of the molecule is CCCCOc1ccc(-c2ccc(-c3ccc(C4COC(CCC)OC4)cc3F)cc2)c(F)c1F. The molecule has 1 aliphatic rings. The van der Waals surface area contributed by atoms with Crippen LogP contribution in [0.4, 0.5) is 13.2 Å². The average Bonchev–Trinajstić information content (AvgIpc) is 2.88. The van der Waals surface area contributed by atoms with E-state index in [1.807, 2.05) is 13.0 Å². The van der Waals surface area contributed by atoms with Crippen molar-refractivity contribution in [3.63, 3.8) is 0 Å². The van der Waals surface area contributed by atoms with E-state index in [0.717, 1.165) is 31.2 Å². The van der Waals surface area contributed by atoms with Crippen LogP contribution in [-0.2, 0) is 9.47 Å². The van der Waals surface area contributed by atoms with E-state index in [9.17, 15) is 13.2 Å². The molecule has 6 heteroatoms. The summed E-state index contributed by atoms with van der Waals surface area (Å²) in [4.78, 5) is 0. The molecule has 0 aliphatic carbocycles. The van der Waals surface area contributed by atoms with Crippen molar-refractivity contribution in [3.8, 4) is 28.0 Å². The number of rotatable bonds is 9. The second-order valence-corrected chi connectivity index (χ2v) is 8.84. The number of benzene rings is 3. The molecule has 4 rings (SSSR count). The van der Waals surface area contributed by atoms with Crippen molar-refractivity contribution in [2.45, 2.75) is 51.7 Å². The first-order valence-corrected chi connectivity index (χ1v) is 12.3. The van der Waals surface area contributed by atoms with E-state index in [1.54, 1.807) is 30.3 Å². The van der Waals surface area contributed by atoms with E-state index in [1.165, 1.54) is 18.2 Å². The van der Waals surface area contributed by atoms with Crippen molar-refractivity contribution >= 4 is 0 Å². The predicted molar refractivity (Wildman–Crippen MR) is 131 cm³/mol. The van der Waals surface area contributed by atoms with Crippen LogP contribution in [0.1, 0.15) is 51.0 Å². The van der Waals surface area contributed by atoms with Crippen LogP contribution in [0, 0.1) is 17.5 Å². The molecular formula is C29H31F3O3. The molecule has 1 heterocycles. The van der Waals surface area contributed by atoms with Crippen molar-refractivity contribution in [2.75, 3.05) is 19.8 Å². The highest BCUT2D eigenvalue weighted by molar-refractivity contribution is 5.71. The maximum atomic E-state index is 15.0. The fourth-order valence-corrected chi connectivity index (χ4v) is 4.18. The van der Waals surface area contributed by atoms with Gasteiger partial charge in [-0.15, -0.1) is 0 Å². The highest BCUT2D eigenvalue weighted by Crippen LogP contribution is 2.33. The fraction of sp³-hybridized carbons (Fsp3) is 0.379. The first kappa shape index (κ1) is 25.3. The Morgan fingerprint density at radius 3 is 2.09 bits per heavy atom. The number of ether oxygens (including phenoxy) is 3. The second-order valence-electron chi connectivity index (χ2n) is 8.84. The molecule has 0 N–H and O–H groups in total. The molecule has 186 valence electrons. The molecule has 3 aromatic carbocycles. The highest BCUT2D eigenvalue weighted by Gasteiger charge is 2.24. The van der Waals surface area contributed by atoms with E-state index >= 15 is 0 Å². The van der Waals surface area contributed by atoms with Crippen LogP contribution in [0.15, 0.2) is 54.6 Å². The minimum atomic E-state index is -0.999. The lowest BCUT2D eigenvalue weighted by Crippen LogP contribution is -2.30. The van der Waals surface area contributed by atoms with Gasteiger partial charge in [0.1, 0.15) is 5.82 Å². The third-order valence-corrected chi connectivity index (χ3v) is 6.26. The smallest absolute Gasteiger partial charge is 0.201 e. The molecular weight excluding hydrogens is 453 g/mol. The van der Waals surface area contributed by atoms with Crippen LogP contribution in [0.5, 0.6) is 5.75 Å². The Morgan fingerprint density at radius 2 is 1.46 bits per heavy atom. The zero-order valence-electron chi connectivity index (χ0n) is 20.2. The zero-order chi connectivity index (χ0) is 24.8. The van der Waals surface area contributed by atoms with Crippen molar-refractivity contribution in [1.29, 1.82) is 0 Å². The first-order chi connectivity index (χ1) is 17.0. The van der Waals surface area contributed by atoms with Gasteiger partial charge in [0.05, 0.1) is 19.8 Å². The first-order valence-electron chi connectivity index (χ1n) is 12.3. The molecule has 3 aromatic rings. The molecule has 0 unspecified atom stereocenters. The summed E-state index contributed by atoms with van der Waals surface area (Å²) in [5.74, 6) is -2.41. The maximum absolute atomic E-state index is 15.0. The molecule has 0 bridgehead atoms. The topological polar surface area (TPSA) is 27.7 Å². The van der Waals surface area contributed by atoms with Crippen LogP contribution >= 0.6 is 0 Å². The van der Waals surface area contributed by atoms with Crippen molar-refractivity contribution < 1.29 is 27.4 Å². The summed E-state index contributed by atoms with van der Waals surface area (Å²) in [5, 5.41) is 0. The van der Waals surface area contributed by atoms with Gasteiger partial charge in [-0.2, -0.15) is 4.39 Å². The minimum Gasteiger partial charge on any atom is -0.490 e. The summed E-state index contributed by atoms with van der Waals surface area (Å²) in [6.45, 7) is 5.42. The Morgan fingerprint density at radius 1 is 0.800 bits per heavy atom. The van der Waals surface area contributed by atoms with E-state index in [2.05, 4.69) is 6.92 Å². The maximum Gasteiger partial charge on any atom is 0.201 e. The van der Waals surface area contributed by atoms with Crippen molar-refractivity contribution in [2.24, 2.45) is 0 Å². The Hall–Kier alpha value is -2.83. The van der Waals surface area contributed by atoms with Crippen molar-refractivity contribution in [1.82, 2.24) is 0 Å². The number of hydrogen-bond acceptors (Lipinski definition) is 3. The largest absolute Gasteiger partial charge is 0.490 e. The number of hydrogen-bond donors (Lipinski definition) is 0. The van der Waals surface area contributed by atoms with Crippen LogP contribution < -0.4 is 4.74 Å². The highest BCUT2D eigenvalue weighted by atomic mass is 19.2. The van der Waals surface area contributed by atoms with Crippen LogP contribution in [-0.4, -0.2) is 26.1 Å². The zero-order valence-corrected chi connectivity index (χ0v) is 20.2. The summed E-state index contributed by atoms with van der Waals surface area (Å²) >= 11 is 0. The standard InChI is InChI=1S/C29H31F3O3/c1-3-5-15-33-26-14-13-24(28(31)29(26)32)20-9-7-19(8-10-20)23-12-11-21(16-25(23)30)22-17-34-27(6-4-2)35-18-22/h7-14,16,22,27H,3-6,15,17-18H2,1-2H3. The van der Waals surface area contributed by atoms with Gasteiger partial charge in [-0.3, -0.25) is 0 Å². The lowest BCUT2D eigenvalue weighted by atomic mass is 9.95. The Bertz CT molecular complexity index is 1120. The molecule has 0 saturated carbocycles. The van der Waals surface area contributed by atoms with Crippen LogP contribution in [0.2, 0.25) is 0 Å². The lowest BCUT2D eigenvalue weighted by molar-refractivity contribution is -0.189. The summed E-state index contributed by atoms with van der Waals surface area (Å²) < 4.78 is 61.0. The van der Waals surface area contributed by atoms with Gasteiger partial charge in [0.15, 0.2) is 17.9 Å². The second kappa shape index (κ2) is 11.7. The normalized spacial score (nSPS) is 18.0. The van der Waals surface area contributed by atoms with Crippen LogP contribution in [0.3, 0.4) is 0 Å². The minimum absolute atomic E-state index is 0.0131. The summed E-state index contributed by atoms with van der Waals surface area (Å²) in [7, 11) is 0. The van der Waals surface area contributed by atoms with E-state index < -0.39 is 11.6 Å². The van der Waals surface area contributed by atoms with E-state index in [0.29, 0.717) is 36.5 Å². The van der Waals surface area contributed by atoms with E-state index in [4.69, 9.17) is 14.2 Å². The molecule has 0 atom stereocenters. The van der Waals surface area contributed by atoms with E-state index in [-0.39, 0.29) is 29.3 Å². The fourth-order valence-electron chi connectivity index (χ4n) is 4.18. The van der Waals surface area contributed by atoms with Gasteiger partial charge in [-0.05, 0) is 47.7 Å². The van der Waals surface area contributed by atoms with Gasteiger partial charge >= 0.3 is 0 Å². The Labute approximate surface area is 204 Å². The quantitative estimate of drug-likeness (QED) is 0.289. The van der Waals surface area contributed by atoms with Gasteiger partial charge in [-0.25, -0.2) is 8.78 Å². The molecule has 0 aromatic heterocycles. The van der Waals surface area contributed by atoms with Gasteiger partial charge in [0, 0.05) is 17.0 Å². The Kier molecular flexibility index (Phi) is 8.47. The van der Waals surface area contributed by atoms with Gasteiger partial charge in [-0.1, -0.05) is 63.1 Å². The number of halogens is 3. The summed E-state index contributed by atoms with van der Waals surface area (Å²) in [6.07, 6.45) is 3.33. The third kappa shape index (κ3) is 5.88. The molecule has 1 fully saturated rings. The predicted octanol–water partition coefficient (Wildman–Crippen LogP) is 7.87. The summed E-state index contributed by atoms with van der Waals surface area (Å²) in [5.41, 5.74) is 2.55. The number of unbranched alkanes of at least 4 members (excludes halogenated alkanes) is 1. The van der Waals surface area contributed by atoms with Gasteiger partial charge < -0.3 is 14.2 Å². The molecule has 0 radical (unpaired) electrons. The lowest BCUT2D eigenvalue weighted by Gasteiger charge is -2.29. The molecule has 0 spiro atoms. The monoisotopic (exact) mass is 484 g/mol. The molecule has 35 heavy (non-hydrogen) atoms. The molecule has 1 aliphatic heterocycles. The average molecular weight is 485 g/mol. The molecule has 3 nitrogen and oxygen atoms in total. The van der Waals surface area contributed by atoms with Crippen molar-refractivity contribution in [3.05, 3.63) is 77.6 Å². The van der Waals surface area contributed by atoms with Crippen LogP contribution in [0.25, 0.3) is 22.3 Å². The van der Waals surface area contributed by atoms with Gasteiger partial charge in [0.25, 0.3) is 0 Å². The third-order valence-electron chi connectivity index (χ3n) is 6.26. The van der Waals surface area contributed by atoms with Gasteiger partial charge in [0.2, 0.25) is 5.82 Å². The summed E-state index contributed by atoms with van der Waals surface area (Å²) in [6, 6.07) is 14.8. The Balaban J connectivity index is 1.48.